The second-order valence-corrected chi connectivity index (χ2v) is 6.16. The predicted molar refractivity (Wildman–Crippen MR) is 71.7 cm³/mol. The number of carbonyl (C=O) groups is 1. The highest BCUT2D eigenvalue weighted by molar-refractivity contribution is 7.91. The number of rotatable bonds is 7. The van der Waals surface area contributed by atoms with Gasteiger partial charge in [-0.05, 0) is 6.07 Å². The summed E-state index contributed by atoms with van der Waals surface area (Å²) in [5.74, 6) is -2.29. The van der Waals surface area contributed by atoms with Gasteiger partial charge in [0.2, 0.25) is 0 Å². The lowest BCUT2D eigenvalue weighted by atomic mass is 10.2. The second kappa shape index (κ2) is 6.74. The van der Waals surface area contributed by atoms with Crippen LogP contribution < -0.4 is 9.47 Å². The molecule has 0 amide bonds. The fraction of sp³-hybridized carbons (Fsp3) is 0.417. The summed E-state index contributed by atoms with van der Waals surface area (Å²) < 4.78 is 34.0. The minimum absolute atomic E-state index is 0.0607. The molecule has 9 heteroatoms. The predicted octanol–water partition coefficient (Wildman–Crippen LogP) is -0.471. The van der Waals surface area contributed by atoms with E-state index in [2.05, 4.69) is 0 Å². The van der Waals surface area contributed by atoms with Crippen LogP contribution in [0.25, 0.3) is 0 Å². The number of hydrogen-bond donors (Lipinski definition) is 3. The van der Waals surface area contributed by atoms with Gasteiger partial charge < -0.3 is 24.8 Å². The molecule has 0 bridgehead atoms. The van der Waals surface area contributed by atoms with Crippen molar-refractivity contribution in [1.29, 1.82) is 0 Å². The van der Waals surface area contributed by atoms with Crippen LogP contribution in [-0.4, -0.2) is 62.4 Å². The van der Waals surface area contributed by atoms with Crippen molar-refractivity contribution >= 4 is 15.8 Å². The number of aromatic carboxylic acids is 1. The van der Waals surface area contributed by atoms with E-state index >= 15 is 0 Å². The maximum atomic E-state index is 12.1. The van der Waals surface area contributed by atoms with E-state index in [0.717, 1.165) is 12.1 Å². The van der Waals surface area contributed by atoms with Gasteiger partial charge in [0.25, 0.3) is 0 Å². The standard InChI is InChI=1S/C12H16O8S/c1-19-10-4-8(21(17,18)6-7(14)5-13)3-9(12(15)16)11(10)20-2/h3-4,7,13-14H,5-6H2,1-2H3,(H,15,16). The molecule has 0 saturated carbocycles. The number of benzene rings is 1. The van der Waals surface area contributed by atoms with Crippen LogP contribution in [0.1, 0.15) is 10.4 Å². The molecular weight excluding hydrogens is 304 g/mol. The molecule has 0 aliphatic rings. The summed E-state index contributed by atoms with van der Waals surface area (Å²) in [5, 5.41) is 27.1. The van der Waals surface area contributed by atoms with Gasteiger partial charge in [0.1, 0.15) is 5.56 Å². The lowest BCUT2D eigenvalue weighted by Gasteiger charge is -2.14. The third-order valence-electron chi connectivity index (χ3n) is 2.66. The van der Waals surface area contributed by atoms with Gasteiger partial charge in [-0.25, -0.2) is 13.2 Å². The molecule has 1 unspecified atom stereocenters. The topological polar surface area (TPSA) is 130 Å². The van der Waals surface area contributed by atoms with Crippen LogP contribution >= 0.6 is 0 Å². The maximum Gasteiger partial charge on any atom is 0.339 e. The number of ether oxygens (including phenoxy) is 2. The van der Waals surface area contributed by atoms with E-state index in [-0.39, 0.29) is 22.0 Å². The first-order chi connectivity index (χ1) is 9.76. The Morgan fingerprint density at radius 3 is 2.33 bits per heavy atom. The van der Waals surface area contributed by atoms with E-state index in [1.165, 1.54) is 14.2 Å². The summed E-state index contributed by atoms with van der Waals surface area (Å²) in [4.78, 5) is 10.8. The molecule has 21 heavy (non-hydrogen) atoms. The number of aliphatic hydroxyl groups is 2. The molecule has 3 N–H and O–H groups in total. The van der Waals surface area contributed by atoms with Crippen molar-refractivity contribution in [2.45, 2.75) is 11.0 Å². The maximum absolute atomic E-state index is 12.1. The summed E-state index contributed by atoms with van der Waals surface area (Å²) in [7, 11) is -1.53. The number of sulfone groups is 1. The first-order valence-corrected chi connectivity index (χ1v) is 7.43. The largest absolute Gasteiger partial charge is 0.493 e. The minimum atomic E-state index is -3.99. The molecule has 0 aromatic heterocycles. The zero-order valence-corrected chi connectivity index (χ0v) is 12.3. The highest BCUT2D eigenvalue weighted by Gasteiger charge is 2.25. The van der Waals surface area contributed by atoms with Crippen LogP contribution in [0.5, 0.6) is 11.5 Å². The van der Waals surface area contributed by atoms with Gasteiger partial charge in [0, 0.05) is 6.07 Å². The molecule has 1 aromatic carbocycles. The van der Waals surface area contributed by atoms with Crippen molar-refractivity contribution in [1.82, 2.24) is 0 Å². The normalized spacial score (nSPS) is 12.8. The van der Waals surface area contributed by atoms with E-state index in [4.69, 9.17) is 19.7 Å². The van der Waals surface area contributed by atoms with E-state index < -0.39 is 34.3 Å². The van der Waals surface area contributed by atoms with Gasteiger partial charge in [0.05, 0.1) is 37.6 Å². The van der Waals surface area contributed by atoms with Crippen LogP contribution in [0, 0.1) is 0 Å². The zero-order valence-electron chi connectivity index (χ0n) is 11.4. The molecule has 0 aliphatic carbocycles. The van der Waals surface area contributed by atoms with Gasteiger partial charge in [-0.15, -0.1) is 0 Å². The molecule has 8 nitrogen and oxygen atoms in total. The molecular formula is C12H16O8S. The third-order valence-corrected chi connectivity index (χ3v) is 4.44. The fourth-order valence-corrected chi connectivity index (χ4v) is 3.07. The Hall–Kier alpha value is -1.84. The van der Waals surface area contributed by atoms with Crippen molar-refractivity contribution in [2.75, 3.05) is 26.6 Å². The van der Waals surface area contributed by atoms with E-state index in [1.807, 2.05) is 0 Å². The van der Waals surface area contributed by atoms with E-state index in [9.17, 15) is 18.3 Å². The first-order valence-electron chi connectivity index (χ1n) is 5.77. The number of hydrogen-bond acceptors (Lipinski definition) is 7. The third kappa shape index (κ3) is 3.84. The van der Waals surface area contributed by atoms with Crippen LogP contribution in [0.15, 0.2) is 17.0 Å². The average Bonchev–Trinajstić information content (AvgIpc) is 2.44. The SMILES string of the molecule is COc1cc(S(=O)(=O)CC(O)CO)cc(C(=O)O)c1OC. The second-order valence-electron chi connectivity index (χ2n) is 4.13. The lowest BCUT2D eigenvalue weighted by Crippen LogP contribution is -2.24. The molecule has 0 fully saturated rings. The number of methoxy groups -OCH3 is 2. The summed E-state index contributed by atoms with van der Waals surface area (Å²) in [6, 6.07) is 2.02. The van der Waals surface area contributed by atoms with Crippen molar-refractivity contribution in [3.63, 3.8) is 0 Å². The van der Waals surface area contributed by atoms with Gasteiger partial charge in [-0.1, -0.05) is 0 Å². The molecule has 1 atom stereocenters. The molecule has 0 saturated heterocycles. The fourth-order valence-electron chi connectivity index (χ4n) is 1.68. The number of carboxylic acid groups (broad SMARTS) is 1. The zero-order chi connectivity index (χ0) is 16.2. The van der Waals surface area contributed by atoms with Crippen LogP contribution in [0.3, 0.4) is 0 Å². The molecule has 0 spiro atoms. The summed E-state index contributed by atoms with van der Waals surface area (Å²) in [6.07, 6.45) is -1.46. The highest BCUT2D eigenvalue weighted by Crippen LogP contribution is 2.34. The van der Waals surface area contributed by atoms with Gasteiger partial charge >= 0.3 is 5.97 Å². The lowest BCUT2D eigenvalue weighted by molar-refractivity contribution is 0.0692. The Balaban J connectivity index is 3.45. The van der Waals surface area contributed by atoms with Crippen molar-refractivity contribution in [3.8, 4) is 11.5 Å². The van der Waals surface area contributed by atoms with Gasteiger partial charge in [-0.2, -0.15) is 0 Å². The summed E-state index contributed by atoms with van der Waals surface area (Å²) in [6.45, 7) is -0.724. The average molecular weight is 320 g/mol. The number of aliphatic hydroxyl groups excluding tert-OH is 2. The molecule has 118 valence electrons. The Morgan fingerprint density at radius 1 is 1.29 bits per heavy atom. The molecule has 0 aliphatic heterocycles. The van der Waals surface area contributed by atoms with Gasteiger partial charge in [0.15, 0.2) is 21.3 Å². The smallest absolute Gasteiger partial charge is 0.339 e. The first kappa shape index (κ1) is 17.2. The Kier molecular flexibility index (Phi) is 5.53. The van der Waals surface area contributed by atoms with Crippen LogP contribution in [0.2, 0.25) is 0 Å². The monoisotopic (exact) mass is 320 g/mol. The van der Waals surface area contributed by atoms with Crippen molar-refractivity contribution in [2.24, 2.45) is 0 Å². The highest BCUT2D eigenvalue weighted by atomic mass is 32.2. The van der Waals surface area contributed by atoms with Crippen LogP contribution in [0.4, 0.5) is 0 Å². The van der Waals surface area contributed by atoms with Crippen molar-refractivity contribution in [3.05, 3.63) is 17.7 Å². The number of carboxylic acids is 1. The van der Waals surface area contributed by atoms with Crippen molar-refractivity contribution < 1.29 is 38.0 Å². The molecule has 0 heterocycles. The molecule has 0 radical (unpaired) electrons. The summed E-state index contributed by atoms with van der Waals surface area (Å²) in [5.41, 5.74) is -0.381. The molecule has 1 aromatic rings. The Labute approximate surface area is 121 Å². The van der Waals surface area contributed by atoms with Gasteiger partial charge in [-0.3, -0.25) is 0 Å². The van der Waals surface area contributed by atoms with E-state index in [1.54, 1.807) is 0 Å². The minimum Gasteiger partial charge on any atom is -0.493 e. The van der Waals surface area contributed by atoms with Crippen LogP contribution in [-0.2, 0) is 9.84 Å². The Morgan fingerprint density at radius 2 is 1.90 bits per heavy atom. The molecule has 1 rings (SSSR count). The Bertz CT molecular complexity index is 622. The van der Waals surface area contributed by atoms with E-state index in [0.29, 0.717) is 0 Å². The summed E-state index contributed by atoms with van der Waals surface area (Å²) >= 11 is 0. The quantitative estimate of drug-likeness (QED) is 0.614.